The van der Waals surface area contributed by atoms with Gasteiger partial charge in [0.05, 0.1) is 13.1 Å². The van der Waals surface area contributed by atoms with Crippen LogP contribution in [0.5, 0.6) is 0 Å². The summed E-state index contributed by atoms with van der Waals surface area (Å²) in [5, 5.41) is 9.49. The van der Waals surface area contributed by atoms with Crippen LogP contribution < -0.4 is 0 Å². The molecule has 1 aliphatic rings. The molecule has 1 heterocycles. The van der Waals surface area contributed by atoms with E-state index in [-0.39, 0.29) is 6.10 Å². The molecule has 0 aromatic carbocycles. The highest BCUT2D eigenvalue weighted by Crippen LogP contribution is 2.23. The zero-order chi connectivity index (χ0) is 12.6. The number of hydrogen-bond acceptors (Lipinski definition) is 1. The van der Waals surface area contributed by atoms with Crippen LogP contribution in [0.25, 0.3) is 0 Å². The van der Waals surface area contributed by atoms with Crippen LogP contribution in [-0.2, 0) is 0 Å². The summed E-state index contributed by atoms with van der Waals surface area (Å²) in [5.74, 6) is 0. The van der Waals surface area contributed by atoms with Gasteiger partial charge in [0.25, 0.3) is 0 Å². The third kappa shape index (κ3) is 5.39. The van der Waals surface area contributed by atoms with Crippen LogP contribution in [0.2, 0.25) is 0 Å². The minimum Gasteiger partial charge on any atom is -0.382 e. The van der Waals surface area contributed by atoms with E-state index in [0.29, 0.717) is 0 Å². The molecule has 1 saturated heterocycles. The van der Waals surface area contributed by atoms with E-state index in [2.05, 4.69) is 13.8 Å². The van der Waals surface area contributed by atoms with Gasteiger partial charge >= 0.3 is 0 Å². The zero-order valence-electron chi connectivity index (χ0n) is 12.0. The Morgan fingerprint density at radius 2 is 1.41 bits per heavy atom. The summed E-state index contributed by atoms with van der Waals surface area (Å²) in [6.07, 6.45) is 11.0. The quantitative estimate of drug-likeness (QED) is 0.460. The van der Waals surface area contributed by atoms with Crippen LogP contribution >= 0.6 is 0 Å². The van der Waals surface area contributed by atoms with Crippen molar-refractivity contribution in [3.8, 4) is 0 Å². The lowest BCUT2D eigenvalue weighted by Crippen LogP contribution is -2.66. The van der Waals surface area contributed by atoms with Gasteiger partial charge < -0.3 is 9.59 Å². The smallest absolute Gasteiger partial charge is 0.152 e. The van der Waals surface area contributed by atoms with E-state index in [9.17, 15) is 5.11 Å². The molecule has 0 unspecified atom stereocenters. The van der Waals surface area contributed by atoms with Gasteiger partial charge in [0.2, 0.25) is 0 Å². The minimum atomic E-state index is -0.00824. The summed E-state index contributed by atoms with van der Waals surface area (Å²) < 4.78 is 1.20. The first kappa shape index (κ1) is 15.0. The highest BCUT2D eigenvalue weighted by atomic mass is 16.3. The Kier molecular flexibility index (Phi) is 7.14. The minimum absolute atomic E-state index is 0.00824. The molecule has 1 aliphatic heterocycles. The second-order valence-electron chi connectivity index (χ2n) is 5.93. The second kappa shape index (κ2) is 8.10. The molecule has 17 heavy (non-hydrogen) atoms. The molecule has 2 heteroatoms. The van der Waals surface area contributed by atoms with Crippen molar-refractivity contribution in [1.29, 1.82) is 0 Å². The summed E-state index contributed by atoms with van der Waals surface area (Å²) in [4.78, 5) is 0. The summed E-state index contributed by atoms with van der Waals surface area (Å²) in [6, 6.07) is 0. The molecule has 1 fully saturated rings. The third-order valence-corrected chi connectivity index (χ3v) is 4.13. The molecule has 0 aromatic rings. The Hall–Kier alpha value is -0.0800. The van der Waals surface area contributed by atoms with E-state index in [1.807, 2.05) is 0 Å². The summed E-state index contributed by atoms with van der Waals surface area (Å²) in [5.41, 5.74) is 0. The summed E-state index contributed by atoms with van der Waals surface area (Å²) in [6.45, 7) is 9.14. The SMILES string of the molecule is CCCCCCCCC[N+]1(CCC)CC(O)C1. The van der Waals surface area contributed by atoms with Crippen molar-refractivity contribution >= 4 is 0 Å². The molecule has 0 aliphatic carbocycles. The van der Waals surface area contributed by atoms with Crippen molar-refractivity contribution < 1.29 is 9.59 Å². The van der Waals surface area contributed by atoms with Gasteiger partial charge in [0.1, 0.15) is 13.1 Å². The van der Waals surface area contributed by atoms with Gasteiger partial charge in [-0.05, 0) is 19.3 Å². The Bertz CT molecular complexity index is 182. The van der Waals surface area contributed by atoms with Gasteiger partial charge in [0, 0.05) is 0 Å². The monoisotopic (exact) mass is 242 g/mol. The number of aliphatic hydroxyl groups excluding tert-OH is 1. The van der Waals surface area contributed by atoms with Gasteiger partial charge in [-0.15, -0.1) is 0 Å². The van der Waals surface area contributed by atoms with Crippen LogP contribution in [0, 0.1) is 0 Å². The van der Waals surface area contributed by atoms with Crippen LogP contribution in [0.1, 0.15) is 65.2 Å². The topological polar surface area (TPSA) is 20.2 Å². The molecule has 1 rings (SSSR count). The van der Waals surface area contributed by atoms with Crippen LogP contribution in [0.3, 0.4) is 0 Å². The summed E-state index contributed by atoms with van der Waals surface area (Å²) in [7, 11) is 0. The average Bonchev–Trinajstić information content (AvgIpc) is 2.26. The molecule has 0 spiro atoms. The maximum Gasteiger partial charge on any atom is 0.152 e. The number of quaternary nitrogens is 1. The molecule has 2 nitrogen and oxygen atoms in total. The molecule has 0 bridgehead atoms. The number of aliphatic hydroxyl groups is 1. The largest absolute Gasteiger partial charge is 0.382 e. The third-order valence-electron chi connectivity index (χ3n) is 4.13. The van der Waals surface area contributed by atoms with Crippen LogP contribution in [0.15, 0.2) is 0 Å². The first-order valence-corrected chi connectivity index (χ1v) is 7.75. The first-order chi connectivity index (χ1) is 8.22. The Morgan fingerprint density at radius 1 is 0.824 bits per heavy atom. The second-order valence-corrected chi connectivity index (χ2v) is 5.93. The lowest BCUT2D eigenvalue weighted by Gasteiger charge is -2.48. The predicted octanol–water partition coefficient (Wildman–Crippen LogP) is 3.34. The predicted molar refractivity (Wildman–Crippen MR) is 74.0 cm³/mol. The van der Waals surface area contributed by atoms with E-state index in [1.54, 1.807) is 0 Å². The molecule has 0 radical (unpaired) electrons. The maximum atomic E-state index is 9.49. The zero-order valence-corrected chi connectivity index (χ0v) is 12.0. The Morgan fingerprint density at radius 3 is 1.94 bits per heavy atom. The highest BCUT2D eigenvalue weighted by molar-refractivity contribution is 4.67. The lowest BCUT2D eigenvalue weighted by atomic mass is 10.0. The van der Waals surface area contributed by atoms with Gasteiger partial charge in [-0.25, -0.2) is 0 Å². The lowest BCUT2D eigenvalue weighted by molar-refractivity contribution is -0.972. The van der Waals surface area contributed by atoms with E-state index in [4.69, 9.17) is 0 Å². The molecule has 0 amide bonds. The number of likely N-dealkylation sites (tertiary alicyclic amines) is 1. The van der Waals surface area contributed by atoms with Crippen molar-refractivity contribution in [3.05, 3.63) is 0 Å². The molecule has 0 atom stereocenters. The molecule has 0 saturated carbocycles. The van der Waals surface area contributed by atoms with Crippen molar-refractivity contribution in [2.45, 2.75) is 71.3 Å². The Labute approximate surface area is 108 Å². The van der Waals surface area contributed by atoms with E-state index < -0.39 is 0 Å². The summed E-state index contributed by atoms with van der Waals surface area (Å²) >= 11 is 0. The number of nitrogens with zero attached hydrogens (tertiary/aromatic N) is 1. The molecule has 1 N–H and O–H groups in total. The van der Waals surface area contributed by atoms with Gasteiger partial charge in [-0.3, -0.25) is 0 Å². The maximum absolute atomic E-state index is 9.49. The van der Waals surface area contributed by atoms with Crippen LogP contribution in [0.4, 0.5) is 0 Å². The number of hydrogen-bond donors (Lipinski definition) is 1. The number of rotatable bonds is 10. The normalized spacial score (nSPS) is 28.1. The molecule has 0 aromatic heterocycles. The molecular formula is C15H32NO+. The van der Waals surface area contributed by atoms with Crippen LogP contribution in [-0.4, -0.2) is 41.9 Å². The fourth-order valence-electron chi connectivity index (χ4n) is 3.20. The standard InChI is InChI=1S/C15H32NO/c1-3-5-6-7-8-9-10-12-16(11-4-2)13-15(17)14-16/h15,17H,3-14H2,1-2H3/q+1. The highest BCUT2D eigenvalue weighted by Gasteiger charge is 2.41. The molecular weight excluding hydrogens is 210 g/mol. The average molecular weight is 242 g/mol. The Balaban J connectivity index is 2.00. The number of unbranched alkanes of at least 4 members (excludes halogenated alkanes) is 6. The van der Waals surface area contributed by atoms with Gasteiger partial charge in [0.15, 0.2) is 6.10 Å². The fraction of sp³-hybridized carbons (Fsp3) is 1.00. The van der Waals surface area contributed by atoms with E-state index in [1.165, 1.54) is 68.9 Å². The fourth-order valence-corrected chi connectivity index (χ4v) is 3.20. The van der Waals surface area contributed by atoms with Gasteiger partial charge in [-0.2, -0.15) is 0 Å². The van der Waals surface area contributed by atoms with Crippen molar-refractivity contribution in [1.82, 2.24) is 0 Å². The van der Waals surface area contributed by atoms with Crippen molar-refractivity contribution in [2.24, 2.45) is 0 Å². The first-order valence-electron chi connectivity index (χ1n) is 7.75. The van der Waals surface area contributed by atoms with E-state index >= 15 is 0 Å². The van der Waals surface area contributed by atoms with Crippen molar-refractivity contribution in [3.63, 3.8) is 0 Å². The van der Waals surface area contributed by atoms with E-state index in [0.717, 1.165) is 13.1 Å². The van der Waals surface area contributed by atoms with Gasteiger partial charge in [-0.1, -0.05) is 46.0 Å². The van der Waals surface area contributed by atoms with Crippen molar-refractivity contribution in [2.75, 3.05) is 26.2 Å². The molecule has 102 valence electrons.